The molecule has 0 radical (unpaired) electrons. The number of nitrogen functional groups attached to an aromatic ring is 1. The smallest absolute Gasteiger partial charge is 0.296 e. The molecule has 19 nitrogen and oxygen atoms in total. The summed E-state index contributed by atoms with van der Waals surface area (Å²) < 4.78 is 137. The van der Waals surface area contributed by atoms with E-state index in [1.807, 2.05) is 0 Å². The molecule has 4 aromatic rings. The number of aromatic hydroxyl groups is 1. The van der Waals surface area contributed by atoms with Gasteiger partial charge in [-0.05, 0) is 60.3 Å². The lowest BCUT2D eigenvalue weighted by Crippen LogP contribution is -2.02. The van der Waals surface area contributed by atoms with Crippen LogP contribution in [0.4, 0.5) is 28.4 Å². The van der Waals surface area contributed by atoms with Crippen molar-refractivity contribution in [1.29, 1.82) is 0 Å². The van der Waals surface area contributed by atoms with Gasteiger partial charge in [-0.2, -0.15) is 38.8 Å². The number of benzene rings is 4. The molecule has 0 saturated carbocycles. The highest BCUT2D eigenvalue weighted by atomic mass is 32.2. The normalized spacial score (nSPS) is 13.1. The number of phenolic OH excluding ortho intramolecular Hbond substituents is 1. The summed E-state index contributed by atoms with van der Waals surface area (Å²) in [6.45, 7) is 1.45. The number of azo groups is 2. The Bertz CT molecular complexity index is 2480. The molecule has 0 amide bonds. The predicted molar refractivity (Wildman–Crippen MR) is 162 cm³/mol. The fourth-order valence-corrected chi connectivity index (χ4v) is 6.42. The van der Waals surface area contributed by atoms with Crippen molar-refractivity contribution < 1.29 is 61.7 Å². The molecule has 0 atom stereocenters. The van der Waals surface area contributed by atoms with Gasteiger partial charge >= 0.3 is 0 Å². The standard InChI is InChI=1S/C24H21N5O14S4/c1-11-5-17(19(43-2)10-16(11)26-28-18-9-13(44(31,32)33)3-4-20(18)46(37,38)39)27-29-23-21(47(40,41)42)7-12-6-14(45(34,35)36)8-15(25)22(12)24(23)30/h3-10,30H,25H2,1-2H3,(H,31,32,33)(H,34,35,36)(H,37,38,39)(H,40,41,42). The van der Waals surface area contributed by atoms with Crippen LogP contribution in [0.15, 0.2) is 88.6 Å². The summed E-state index contributed by atoms with van der Waals surface area (Å²) in [4.78, 5) is -3.31. The largest absolute Gasteiger partial charge is 0.505 e. The van der Waals surface area contributed by atoms with Crippen molar-refractivity contribution in [2.45, 2.75) is 26.5 Å². The van der Waals surface area contributed by atoms with Crippen molar-refractivity contribution in [3.8, 4) is 11.5 Å². The fraction of sp³-hybridized carbons (Fsp3) is 0.0833. The number of anilines is 1. The van der Waals surface area contributed by atoms with E-state index in [4.69, 9.17) is 10.5 Å². The second-order valence-electron chi connectivity index (χ2n) is 9.42. The SMILES string of the molecule is COc1cc(N=Nc2cc(S(=O)(=O)O)ccc2S(=O)(=O)O)c(C)cc1N=Nc1c(S(=O)(=O)O)cc2cc(S(=O)(=O)O)cc(N)c2c1O. The summed E-state index contributed by atoms with van der Waals surface area (Å²) in [5, 5.41) is 25.5. The number of rotatable bonds is 9. The zero-order valence-corrected chi connectivity index (χ0v) is 26.8. The maximum Gasteiger partial charge on any atom is 0.296 e. The number of hydrogen-bond donors (Lipinski definition) is 6. The van der Waals surface area contributed by atoms with E-state index in [1.165, 1.54) is 26.2 Å². The van der Waals surface area contributed by atoms with Crippen LogP contribution in [-0.4, -0.2) is 64.1 Å². The zero-order chi connectivity index (χ0) is 35.3. The first-order chi connectivity index (χ1) is 21.5. The molecule has 0 unspecified atom stereocenters. The van der Waals surface area contributed by atoms with Crippen molar-refractivity contribution in [3.05, 3.63) is 54.1 Å². The van der Waals surface area contributed by atoms with E-state index >= 15 is 0 Å². The lowest BCUT2D eigenvalue weighted by atomic mass is 10.1. The number of hydrogen-bond acceptors (Lipinski definition) is 15. The van der Waals surface area contributed by atoms with Gasteiger partial charge in [0, 0.05) is 17.1 Å². The number of nitrogens with two attached hydrogens (primary N) is 1. The van der Waals surface area contributed by atoms with Gasteiger partial charge in [0.1, 0.15) is 32.6 Å². The van der Waals surface area contributed by atoms with E-state index in [9.17, 15) is 57.0 Å². The number of aryl methyl sites for hydroxylation is 1. The molecule has 0 saturated heterocycles. The van der Waals surface area contributed by atoms with Gasteiger partial charge in [-0.25, -0.2) is 0 Å². The third-order valence-electron chi connectivity index (χ3n) is 6.26. The Kier molecular flexibility index (Phi) is 9.14. The van der Waals surface area contributed by atoms with Gasteiger partial charge < -0.3 is 15.6 Å². The van der Waals surface area contributed by atoms with Crippen molar-refractivity contribution in [3.63, 3.8) is 0 Å². The second kappa shape index (κ2) is 12.2. The minimum absolute atomic E-state index is 0.0195. The number of methoxy groups -OCH3 is 1. The van der Waals surface area contributed by atoms with Crippen LogP contribution >= 0.6 is 0 Å². The summed E-state index contributed by atoms with van der Waals surface area (Å²) >= 11 is 0. The monoisotopic (exact) mass is 731 g/mol. The van der Waals surface area contributed by atoms with Gasteiger partial charge in [-0.1, -0.05) is 0 Å². The zero-order valence-electron chi connectivity index (χ0n) is 23.5. The van der Waals surface area contributed by atoms with Gasteiger partial charge in [0.15, 0.2) is 5.75 Å². The number of phenols is 1. The maximum atomic E-state index is 12.2. The fourth-order valence-electron chi connectivity index (χ4n) is 4.11. The minimum atomic E-state index is -5.14. The molecule has 0 spiro atoms. The average Bonchev–Trinajstić information content (AvgIpc) is 2.93. The molecule has 0 aliphatic carbocycles. The van der Waals surface area contributed by atoms with Gasteiger partial charge in [0.25, 0.3) is 40.5 Å². The van der Waals surface area contributed by atoms with Crippen LogP contribution in [0, 0.1) is 6.92 Å². The Labute approximate surface area is 266 Å². The average molecular weight is 732 g/mol. The summed E-state index contributed by atoms with van der Waals surface area (Å²) in [6.07, 6.45) is 0. The molecule has 7 N–H and O–H groups in total. The van der Waals surface area contributed by atoms with Crippen LogP contribution in [0.3, 0.4) is 0 Å². The van der Waals surface area contributed by atoms with Crippen LogP contribution < -0.4 is 10.5 Å². The molecule has 250 valence electrons. The highest BCUT2D eigenvalue weighted by Gasteiger charge is 2.25. The molecule has 0 fully saturated rings. The summed E-state index contributed by atoms with van der Waals surface area (Å²) in [5.74, 6) is -1.04. The van der Waals surface area contributed by atoms with Gasteiger partial charge in [-0.15, -0.1) is 15.3 Å². The lowest BCUT2D eigenvalue weighted by Gasteiger charge is -2.12. The first kappa shape index (κ1) is 35.2. The third-order valence-corrected chi connectivity index (χ3v) is 9.71. The molecular formula is C24H21N5O14S4. The minimum Gasteiger partial charge on any atom is -0.505 e. The molecule has 4 rings (SSSR count). The van der Waals surface area contributed by atoms with Crippen molar-refractivity contribution in [2.75, 3.05) is 12.8 Å². The Hall–Kier alpha value is -4.62. The molecule has 0 heterocycles. The number of ether oxygens (including phenoxy) is 1. The van der Waals surface area contributed by atoms with E-state index in [0.29, 0.717) is 12.1 Å². The molecule has 0 aromatic heterocycles. The van der Waals surface area contributed by atoms with Crippen molar-refractivity contribution in [1.82, 2.24) is 0 Å². The molecular weight excluding hydrogens is 711 g/mol. The second-order valence-corrected chi connectivity index (χ2v) is 15.0. The van der Waals surface area contributed by atoms with Crippen LogP contribution in [0.2, 0.25) is 0 Å². The summed E-state index contributed by atoms with van der Waals surface area (Å²) in [6, 6.07) is 6.87. The summed E-state index contributed by atoms with van der Waals surface area (Å²) in [7, 11) is -18.5. The maximum absolute atomic E-state index is 12.2. The molecule has 47 heavy (non-hydrogen) atoms. The van der Waals surface area contributed by atoms with Gasteiger partial charge in [0.2, 0.25) is 0 Å². The molecule has 23 heteroatoms. The van der Waals surface area contributed by atoms with Gasteiger partial charge in [-0.3, -0.25) is 18.2 Å². The van der Waals surface area contributed by atoms with E-state index in [-0.39, 0.29) is 33.5 Å². The molecule has 0 bridgehead atoms. The van der Waals surface area contributed by atoms with E-state index in [0.717, 1.165) is 24.3 Å². The Morgan fingerprint density at radius 1 is 0.638 bits per heavy atom. The Morgan fingerprint density at radius 3 is 1.77 bits per heavy atom. The van der Waals surface area contributed by atoms with Crippen LogP contribution in [0.25, 0.3) is 10.8 Å². The number of nitrogens with zero attached hydrogens (tertiary/aromatic N) is 4. The van der Waals surface area contributed by atoms with Crippen LogP contribution in [0.1, 0.15) is 5.56 Å². The first-order valence-electron chi connectivity index (χ1n) is 12.2. The van der Waals surface area contributed by atoms with Crippen molar-refractivity contribution >= 4 is 79.7 Å². The lowest BCUT2D eigenvalue weighted by molar-refractivity contribution is 0.416. The van der Waals surface area contributed by atoms with Crippen LogP contribution in [-0.2, 0) is 40.5 Å². The van der Waals surface area contributed by atoms with Crippen LogP contribution in [0.5, 0.6) is 11.5 Å². The number of fused-ring (bicyclic) bond motifs is 1. The topological polar surface area (TPSA) is 322 Å². The highest BCUT2D eigenvalue weighted by Crippen LogP contribution is 2.45. The Morgan fingerprint density at radius 2 is 1.21 bits per heavy atom. The predicted octanol–water partition coefficient (Wildman–Crippen LogP) is 4.26. The summed E-state index contributed by atoms with van der Waals surface area (Å²) in [5.41, 5.74) is 4.08. The first-order valence-corrected chi connectivity index (χ1v) is 17.9. The highest BCUT2D eigenvalue weighted by molar-refractivity contribution is 7.86. The van der Waals surface area contributed by atoms with Crippen molar-refractivity contribution in [2.24, 2.45) is 20.5 Å². The van der Waals surface area contributed by atoms with E-state index in [1.54, 1.807) is 0 Å². The van der Waals surface area contributed by atoms with E-state index in [2.05, 4.69) is 20.5 Å². The molecule has 0 aliphatic rings. The molecule has 0 aliphatic heterocycles. The quantitative estimate of drug-likeness (QED) is 0.0795. The third kappa shape index (κ3) is 7.52. The molecule has 4 aromatic carbocycles. The van der Waals surface area contributed by atoms with E-state index < -0.39 is 82.9 Å². The van der Waals surface area contributed by atoms with Gasteiger partial charge in [0.05, 0.1) is 22.6 Å². The Balaban J connectivity index is 1.85.